The van der Waals surface area contributed by atoms with Gasteiger partial charge in [-0.25, -0.2) is 9.59 Å². The molecule has 0 radical (unpaired) electrons. The molecule has 3 unspecified atom stereocenters. The highest BCUT2D eigenvalue weighted by Crippen LogP contribution is 2.32. The van der Waals surface area contributed by atoms with Gasteiger partial charge in [0.15, 0.2) is 0 Å². The van der Waals surface area contributed by atoms with E-state index in [1.165, 1.54) is 4.90 Å². The number of likely N-dealkylation sites (tertiary alicyclic amines) is 1. The van der Waals surface area contributed by atoms with Gasteiger partial charge in [-0.05, 0) is 32.4 Å². The molecule has 120 valence electrons. The van der Waals surface area contributed by atoms with Crippen LogP contribution in [0.25, 0.3) is 0 Å². The van der Waals surface area contributed by atoms with Crippen LogP contribution in [0, 0.1) is 5.92 Å². The number of carboxylic acids is 1. The van der Waals surface area contributed by atoms with Crippen molar-refractivity contribution >= 4 is 23.8 Å². The van der Waals surface area contributed by atoms with Gasteiger partial charge in [0.2, 0.25) is 0 Å². The molecule has 0 aliphatic carbocycles. The summed E-state index contributed by atoms with van der Waals surface area (Å²) in [5.74, 6) is 0.0542. The number of urea groups is 1. The normalized spacial score (nSPS) is 29.8. The Bertz CT molecular complexity index is 394. The van der Waals surface area contributed by atoms with Crippen molar-refractivity contribution < 1.29 is 14.7 Å². The molecule has 0 aromatic rings. The molecular weight excluding hydrogens is 290 g/mol. The molecule has 2 N–H and O–H groups in total. The first kappa shape index (κ1) is 16.4. The number of amides is 2. The summed E-state index contributed by atoms with van der Waals surface area (Å²) in [6.45, 7) is 4.75. The minimum absolute atomic E-state index is 0.0117. The van der Waals surface area contributed by atoms with Crippen molar-refractivity contribution in [1.82, 2.24) is 15.1 Å². The zero-order valence-electron chi connectivity index (χ0n) is 12.7. The molecule has 21 heavy (non-hydrogen) atoms. The van der Waals surface area contributed by atoms with Gasteiger partial charge in [0, 0.05) is 18.8 Å². The smallest absolute Gasteiger partial charge is 0.327 e. The standard InChI is InChI=1S/C14H25N3O3S/c1-3-4-12-17(11(9-21-12)13(18)19)14(20)15-7-10-5-6-16(2)8-10/h10-12H,3-9H2,1-2H3,(H,15,20)(H,18,19). The molecule has 2 saturated heterocycles. The fourth-order valence-corrected chi connectivity index (χ4v) is 4.52. The van der Waals surface area contributed by atoms with E-state index in [-0.39, 0.29) is 11.4 Å². The number of aliphatic carboxylic acids is 1. The lowest BCUT2D eigenvalue weighted by Gasteiger charge is -2.28. The predicted molar refractivity (Wildman–Crippen MR) is 83.4 cm³/mol. The monoisotopic (exact) mass is 315 g/mol. The van der Waals surface area contributed by atoms with Gasteiger partial charge in [0.25, 0.3) is 0 Å². The van der Waals surface area contributed by atoms with Crippen LogP contribution in [-0.4, -0.2) is 70.8 Å². The van der Waals surface area contributed by atoms with Crippen LogP contribution in [0.2, 0.25) is 0 Å². The number of carbonyl (C=O) groups excluding carboxylic acids is 1. The first-order chi connectivity index (χ1) is 10.0. The van der Waals surface area contributed by atoms with Gasteiger partial charge in [-0.2, -0.15) is 0 Å². The summed E-state index contributed by atoms with van der Waals surface area (Å²) in [5.41, 5.74) is 0. The number of rotatable bonds is 5. The van der Waals surface area contributed by atoms with Gasteiger partial charge in [-0.1, -0.05) is 13.3 Å². The number of hydrogen-bond donors (Lipinski definition) is 2. The number of nitrogens with one attached hydrogen (secondary N) is 1. The molecule has 0 spiro atoms. The molecule has 0 bridgehead atoms. The van der Waals surface area contributed by atoms with E-state index in [0.717, 1.165) is 32.4 Å². The van der Waals surface area contributed by atoms with Crippen molar-refractivity contribution in [2.45, 2.75) is 37.6 Å². The molecule has 2 fully saturated rings. The van der Waals surface area contributed by atoms with Gasteiger partial charge in [-0.15, -0.1) is 11.8 Å². The average molecular weight is 315 g/mol. The third kappa shape index (κ3) is 4.03. The first-order valence-electron chi connectivity index (χ1n) is 7.62. The Balaban J connectivity index is 1.91. The minimum atomic E-state index is -0.906. The number of carboxylic acid groups (broad SMARTS) is 1. The Labute approximate surface area is 130 Å². The second-order valence-electron chi connectivity index (χ2n) is 5.94. The van der Waals surface area contributed by atoms with Gasteiger partial charge < -0.3 is 15.3 Å². The topological polar surface area (TPSA) is 72.9 Å². The second-order valence-corrected chi connectivity index (χ2v) is 7.15. The molecule has 0 aromatic heterocycles. The quantitative estimate of drug-likeness (QED) is 0.799. The van der Waals surface area contributed by atoms with E-state index in [0.29, 0.717) is 18.2 Å². The maximum Gasteiger partial charge on any atom is 0.327 e. The minimum Gasteiger partial charge on any atom is -0.480 e. The summed E-state index contributed by atoms with van der Waals surface area (Å²) in [4.78, 5) is 27.5. The van der Waals surface area contributed by atoms with E-state index < -0.39 is 12.0 Å². The van der Waals surface area contributed by atoms with Crippen LogP contribution in [0.1, 0.15) is 26.2 Å². The third-order valence-corrected chi connectivity index (χ3v) is 5.53. The van der Waals surface area contributed by atoms with Crippen LogP contribution in [0.5, 0.6) is 0 Å². The summed E-state index contributed by atoms with van der Waals surface area (Å²) in [6.07, 6.45) is 2.88. The van der Waals surface area contributed by atoms with Crippen molar-refractivity contribution in [2.75, 3.05) is 32.4 Å². The lowest BCUT2D eigenvalue weighted by Crippen LogP contribution is -2.51. The SMILES string of the molecule is CCCC1SCC(C(=O)O)N1C(=O)NCC1CCN(C)C1. The summed E-state index contributed by atoms with van der Waals surface area (Å²) >= 11 is 1.57. The van der Waals surface area contributed by atoms with Crippen LogP contribution in [0.4, 0.5) is 4.79 Å². The summed E-state index contributed by atoms with van der Waals surface area (Å²) < 4.78 is 0. The molecule has 6 nitrogen and oxygen atoms in total. The van der Waals surface area contributed by atoms with Crippen LogP contribution < -0.4 is 5.32 Å². The maximum atomic E-state index is 12.4. The van der Waals surface area contributed by atoms with Crippen LogP contribution in [0.15, 0.2) is 0 Å². The number of carbonyl (C=O) groups is 2. The van der Waals surface area contributed by atoms with E-state index in [1.54, 1.807) is 11.8 Å². The van der Waals surface area contributed by atoms with E-state index in [4.69, 9.17) is 0 Å². The molecule has 2 heterocycles. The Hall–Kier alpha value is -0.950. The maximum absolute atomic E-state index is 12.4. The predicted octanol–water partition coefficient (Wildman–Crippen LogP) is 1.28. The summed E-state index contributed by atoms with van der Waals surface area (Å²) in [6, 6.07) is -0.918. The van der Waals surface area contributed by atoms with Gasteiger partial charge >= 0.3 is 12.0 Å². The van der Waals surface area contributed by atoms with Crippen LogP contribution in [-0.2, 0) is 4.79 Å². The van der Waals surface area contributed by atoms with Crippen molar-refractivity contribution in [1.29, 1.82) is 0 Å². The highest BCUT2D eigenvalue weighted by atomic mass is 32.2. The fraction of sp³-hybridized carbons (Fsp3) is 0.857. The molecule has 2 aliphatic heterocycles. The summed E-state index contributed by atoms with van der Waals surface area (Å²) in [7, 11) is 2.08. The lowest BCUT2D eigenvalue weighted by atomic mass is 10.1. The van der Waals surface area contributed by atoms with Crippen molar-refractivity contribution in [3.63, 3.8) is 0 Å². The van der Waals surface area contributed by atoms with Crippen LogP contribution in [0.3, 0.4) is 0 Å². The Kier molecular flexibility index (Phi) is 5.75. The average Bonchev–Trinajstić information content (AvgIpc) is 3.03. The van der Waals surface area contributed by atoms with E-state index in [9.17, 15) is 14.7 Å². The highest BCUT2D eigenvalue weighted by Gasteiger charge is 2.41. The van der Waals surface area contributed by atoms with Crippen molar-refractivity contribution in [2.24, 2.45) is 5.92 Å². The number of thioether (sulfide) groups is 1. The molecule has 0 aromatic carbocycles. The Morgan fingerprint density at radius 2 is 2.19 bits per heavy atom. The molecule has 2 rings (SSSR count). The van der Waals surface area contributed by atoms with E-state index >= 15 is 0 Å². The Morgan fingerprint density at radius 1 is 1.43 bits per heavy atom. The second kappa shape index (κ2) is 7.35. The Morgan fingerprint density at radius 3 is 2.76 bits per heavy atom. The molecule has 7 heteroatoms. The lowest BCUT2D eigenvalue weighted by molar-refractivity contribution is -0.141. The van der Waals surface area contributed by atoms with Crippen LogP contribution >= 0.6 is 11.8 Å². The number of hydrogen-bond acceptors (Lipinski definition) is 4. The molecular formula is C14H25N3O3S. The molecule has 0 saturated carbocycles. The molecule has 2 aliphatic rings. The first-order valence-corrected chi connectivity index (χ1v) is 8.67. The van der Waals surface area contributed by atoms with Gasteiger partial charge in [0.1, 0.15) is 6.04 Å². The van der Waals surface area contributed by atoms with Crippen molar-refractivity contribution in [3.05, 3.63) is 0 Å². The largest absolute Gasteiger partial charge is 0.480 e. The molecule has 3 atom stereocenters. The van der Waals surface area contributed by atoms with Crippen molar-refractivity contribution in [3.8, 4) is 0 Å². The summed E-state index contributed by atoms with van der Waals surface area (Å²) in [5, 5.41) is 12.2. The highest BCUT2D eigenvalue weighted by molar-refractivity contribution is 8.00. The fourth-order valence-electron chi connectivity index (χ4n) is 3.01. The van der Waals surface area contributed by atoms with E-state index in [1.807, 2.05) is 0 Å². The van der Waals surface area contributed by atoms with Gasteiger partial charge in [-0.3, -0.25) is 4.90 Å². The van der Waals surface area contributed by atoms with Gasteiger partial charge in [0.05, 0.1) is 5.37 Å². The molecule has 2 amide bonds. The van der Waals surface area contributed by atoms with E-state index in [2.05, 4.69) is 24.2 Å². The zero-order valence-corrected chi connectivity index (χ0v) is 13.6. The third-order valence-electron chi connectivity index (χ3n) is 4.18. The number of nitrogens with zero attached hydrogens (tertiary/aromatic N) is 2. The zero-order chi connectivity index (χ0) is 15.4.